The Bertz CT molecular complexity index is 1040. The molecule has 5 nitrogen and oxygen atoms in total. The van der Waals surface area contributed by atoms with Gasteiger partial charge in [0.25, 0.3) is 5.56 Å². The number of aryl methyl sites for hydroxylation is 2. The molecule has 1 aliphatic rings. The van der Waals surface area contributed by atoms with Crippen LogP contribution < -0.4 is 10.9 Å². The molecule has 3 aromatic rings. The maximum Gasteiger partial charge on any atom is 0.267 e. The van der Waals surface area contributed by atoms with Gasteiger partial charge in [-0.15, -0.1) is 0 Å². The van der Waals surface area contributed by atoms with Crippen LogP contribution in [0.25, 0.3) is 11.3 Å². The third-order valence-corrected chi connectivity index (χ3v) is 5.01. The van der Waals surface area contributed by atoms with Gasteiger partial charge in [-0.05, 0) is 55.5 Å². The Morgan fingerprint density at radius 2 is 1.81 bits per heavy atom. The second-order valence-electron chi connectivity index (χ2n) is 6.87. The highest BCUT2D eigenvalue weighted by Crippen LogP contribution is 2.25. The third kappa shape index (κ3) is 3.53. The summed E-state index contributed by atoms with van der Waals surface area (Å²) in [4.78, 5) is 25.0. The normalized spacial score (nSPS) is 13.8. The van der Waals surface area contributed by atoms with Gasteiger partial charge in [-0.25, -0.2) is 4.68 Å². The monoisotopic (exact) mass is 359 g/mol. The number of carbonyl (C=O) groups excluding carboxylic acids is 1. The van der Waals surface area contributed by atoms with Crippen molar-refractivity contribution in [3.05, 3.63) is 82.1 Å². The van der Waals surface area contributed by atoms with Gasteiger partial charge >= 0.3 is 0 Å². The molecule has 0 fully saturated rings. The first-order valence-corrected chi connectivity index (χ1v) is 9.20. The molecule has 0 saturated carbocycles. The maximum absolute atomic E-state index is 12.7. The van der Waals surface area contributed by atoms with Gasteiger partial charge in [0, 0.05) is 17.3 Å². The number of aromatic nitrogens is 2. The number of rotatable bonds is 4. The lowest BCUT2D eigenvalue weighted by atomic mass is 10.1. The lowest BCUT2D eigenvalue weighted by Gasteiger charge is -2.15. The van der Waals surface area contributed by atoms with E-state index in [4.69, 9.17) is 0 Å². The number of carbonyl (C=O) groups is 1. The standard InChI is InChI=1S/C22H21N3O2/c1-15(22(27)23-19-11-10-16-8-5-9-18(16)14-19)25-21(26)13-12-20(24-25)17-6-3-2-4-7-17/h2-4,6-7,10-15H,5,8-9H2,1H3,(H,23,27)/t15-/m0/s1. The summed E-state index contributed by atoms with van der Waals surface area (Å²) in [6.45, 7) is 1.69. The summed E-state index contributed by atoms with van der Waals surface area (Å²) < 4.78 is 1.24. The predicted octanol–water partition coefficient (Wildman–Crippen LogP) is 3.60. The van der Waals surface area contributed by atoms with E-state index in [0.717, 1.165) is 30.5 Å². The van der Waals surface area contributed by atoms with Gasteiger partial charge in [-0.2, -0.15) is 5.10 Å². The predicted molar refractivity (Wildman–Crippen MR) is 106 cm³/mol. The minimum atomic E-state index is -0.714. The summed E-state index contributed by atoms with van der Waals surface area (Å²) in [6.07, 6.45) is 3.31. The summed E-state index contributed by atoms with van der Waals surface area (Å²) in [5.41, 5.74) is 4.67. The number of benzene rings is 2. The number of amides is 1. The van der Waals surface area contributed by atoms with Crippen LogP contribution in [0, 0.1) is 0 Å². The van der Waals surface area contributed by atoms with Gasteiger partial charge in [0.05, 0.1) is 5.69 Å². The molecule has 0 saturated heterocycles. The average Bonchev–Trinajstić information content (AvgIpc) is 3.16. The maximum atomic E-state index is 12.7. The van der Waals surface area contributed by atoms with E-state index in [0.29, 0.717) is 5.69 Å². The van der Waals surface area contributed by atoms with Crippen LogP contribution in [0.3, 0.4) is 0 Å². The minimum Gasteiger partial charge on any atom is -0.324 e. The Hall–Kier alpha value is -3.21. The molecule has 2 aromatic carbocycles. The molecular weight excluding hydrogens is 338 g/mol. The van der Waals surface area contributed by atoms with Gasteiger partial charge in [0.1, 0.15) is 6.04 Å². The third-order valence-electron chi connectivity index (χ3n) is 5.01. The van der Waals surface area contributed by atoms with Crippen molar-refractivity contribution >= 4 is 11.6 Å². The first-order chi connectivity index (χ1) is 13.1. The summed E-state index contributed by atoms with van der Waals surface area (Å²) in [5.74, 6) is -0.257. The molecule has 0 aliphatic heterocycles. The molecule has 1 amide bonds. The summed E-state index contributed by atoms with van der Waals surface area (Å²) in [5, 5.41) is 7.32. The van der Waals surface area contributed by atoms with Crippen molar-refractivity contribution in [3.63, 3.8) is 0 Å². The van der Waals surface area contributed by atoms with Crippen LogP contribution in [0.1, 0.15) is 30.5 Å². The molecule has 1 heterocycles. The fourth-order valence-corrected chi connectivity index (χ4v) is 3.47. The Morgan fingerprint density at radius 3 is 2.63 bits per heavy atom. The van der Waals surface area contributed by atoms with Crippen molar-refractivity contribution in [2.45, 2.75) is 32.2 Å². The van der Waals surface area contributed by atoms with E-state index in [-0.39, 0.29) is 11.5 Å². The number of nitrogens with one attached hydrogen (secondary N) is 1. The van der Waals surface area contributed by atoms with E-state index in [1.807, 2.05) is 42.5 Å². The number of hydrogen-bond acceptors (Lipinski definition) is 3. The molecule has 0 spiro atoms. The van der Waals surface area contributed by atoms with Crippen molar-refractivity contribution in [3.8, 4) is 11.3 Å². The molecule has 1 aliphatic carbocycles. The second-order valence-corrected chi connectivity index (χ2v) is 6.87. The van der Waals surface area contributed by atoms with E-state index >= 15 is 0 Å². The molecule has 0 bridgehead atoms. The molecule has 4 rings (SSSR count). The highest BCUT2D eigenvalue weighted by Gasteiger charge is 2.19. The van der Waals surface area contributed by atoms with Crippen LogP contribution in [-0.4, -0.2) is 15.7 Å². The molecule has 1 atom stereocenters. The second kappa shape index (κ2) is 7.19. The van der Waals surface area contributed by atoms with Crippen LogP contribution in [0.4, 0.5) is 5.69 Å². The van der Waals surface area contributed by atoms with Gasteiger partial charge in [-0.1, -0.05) is 36.4 Å². The quantitative estimate of drug-likeness (QED) is 0.774. The molecule has 27 heavy (non-hydrogen) atoms. The van der Waals surface area contributed by atoms with Crippen molar-refractivity contribution in [1.29, 1.82) is 0 Å². The van der Waals surface area contributed by atoms with Gasteiger partial charge < -0.3 is 5.32 Å². The summed E-state index contributed by atoms with van der Waals surface area (Å²) in [6, 6.07) is 18.0. The van der Waals surface area contributed by atoms with Crippen LogP contribution in [-0.2, 0) is 17.6 Å². The Balaban J connectivity index is 1.57. The molecule has 136 valence electrons. The van der Waals surface area contributed by atoms with Crippen LogP contribution in [0.15, 0.2) is 65.5 Å². The van der Waals surface area contributed by atoms with Gasteiger partial charge in [0.15, 0.2) is 0 Å². The fraction of sp³-hybridized carbons (Fsp3) is 0.227. The molecular formula is C22H21N3O2. The number of nitrogens with zero attached hydrogens (tertiary/aromatic N) is 2. The molecule has 1 aromatic heterocycles. The minimum absolute atomic E-state index is 0.257. The van der Waals surface area contributed by atoms with Crippen LogP contribution in [0.5, 0.6) is 0 Å². The number of fused-ring (bicyclic) bond motifs is 1. The molecule has 1 N–H and O–H groups in total. The van der Waals surface area contributed by atoms with Crippen molar-refractivity contribution in [1.82, 2.24) is 9.78 Å². The van der Waals surface area contributed by atoms with E-state index in [1.165, 1.54) is 21.9 Å². The SMILES string of the molecule is C[C@@H](C(=O)Nc1ccc2c(c1)CCC2)n1nc(-c2ccccc2)ccc1=O. The average molecular weight is 359 g/mol. The van der Waals surface area contributed by atoms with Crippen LogP contribution >= 0.6 is 0 Å². The fourth-order valence-electron chi connectivity index (χ4n) is 3.47. The highest BCUT2D eigenvalue weighted by atomic mass is 16.2. The zero-order chi connectivity index (χ0) is 18.8. The van der Waals surface area contributed by atoms with E-state index < -0.39 is 6.04 Å². The van der Waals surface area contributed by atoms with Crippen molar-refractivity contribution < 1.29 is 4.79 Å². The Kier molecular flexibility index (Phi) is 4.59. The molecule has 5 heteroatoms. The van der Waals surface area contributed by atoms with Crippen molar-refractivity contribution in [2.75, 3.05) is 5.32 Å². The lowest BCUT2D eigenvalue weighted by Crippen LogP contribution is -2.33. The smallest absolute Gasteiger partial charge is 0.267 e. The Labute approximate surface area is 157 Å². The number of hydrogen-bond donors (Lipinski definition) is 1. The number of anilines is 1. The topological polar surface area (TPSA) is 64.0 Å². The summed E-state index contributed by atoms with van der Waals surface area (Å²) in [7, 11) is 0. The largest absolute Gasteiger partial charge is 0.324 e. The lowest BCUT2D eigenvalue weighted by molar-refractivity contribution is -0.119. The van der Waals surface area contributed by atoms with Gasteiger partial charge in [0.2, 0.25) is 5.91 Å². The van der Waals surface area contributed by atoms with E-state index in [2.05, 4.69) is 16.5 Å². The van der Waals surface area contributed by atoms with E-state index in [9.17, 15) is 9.59 Å². The van der Waals surface area contributed by atoms with E-state index in [1.54, 1.807) is 13.0 Å². The van der Waals surface area contributed by atoms with Crippen molar-refractivity contribution in [2.24, 2.45) is 0 Å². The summed E-state index contributed by atoms with van der Waals surface area (Å²) >= 11 is 0. The zero-order valence-corrected chi connectivity index (χ0v) is 15.2. The zero-order valence-electron chi connectivity index (χ0n) is 15.2. The first-order valence-electron chi connectivity index (χ1n) is 9.20. The van der Waals surface area contributed by atoms with Crippen LogP contribution in [0.2, 0.25) is 0 Å². The van der Waals surface area contributed by atoms with Gasteiger partial charge in [-0.3, -0.25) is 9.59 Å². The molecule has 0 radical (unpaired) electrons. The molecule has 0 unspecified atom stereocenters. The Morgan fingerprint density at radius 1 is 1.04 bits per heavy atom. The highest BCUT2D eigenvalue weighted by molar-refractivity contribution is 5.93. The first kappa shape index (κ1) is 17.2.